The first-order valence-electron chi connectivity index (χ1n) is 10.5. The van der Waals surface area contributed by atoms with Crippen LogP contribution in [0.3, 0.4) is 0 Å². The van der Waals surface area contributed by atoms with Crippen LogP contribution < -0.4 is 10.6 Å². The minimum Gasteiger partial charge on any atom is -0.326 e. The first kappa shape index (κ1) is 21.1. The fourth-order valence-corrected chi connectivity index (χ4v) is 3.65. The topological polar surface area (TPSA) is 61.4 Å². The summed E-state index contributed by atoms with van der Waals surface area (Å²) in [6.45, 7) is 6.26. The number of nitrogens with zero attached hydrogens (tertiary/aromatic N) is 1. The molecule has 5 nitrogen and oxygen atoms in total. The maximum absolute atomic E-state index is 12.4. The maximum atomic E-state index is 12.4. The van der Waals surface area contributed by atoms with Crippen LogP contribution >= 0.6 is 0 Å². The molecule has 2 amide bonds. The average molecular weight is 394 g/mol. The van der Waals surface area contributed by atoms with Gasteiger partial charge in [0.25, 0.3) is 0 Å². The predicted octanol–water partition coefficient (Wildman–Crippen LogP) is 4.49. The molecule has 1 aliphatic heterocycles. The molecular weight excluding hydrogens is 362 g/mol. The molecule has 0 bridgehead atoms. The smallest absolute Gasteiger partial charge is 0.238 e. The van der Waals surface area contributed by atoms with E-state index in [0.717, 1.165) is 43.7 Å². The molecule has 0 spiro atoms. The van der Waals surface area contributed by atoms with Crippen molar-refractivity contribution in [3.8, 4) is 0 Å². The minimum absolute atomic E-state index is 0.00242. The van der Waals surface area contributed by atoms with Crippen molar-refractivity contribution in [1.82, 2.24) is 4.90 Å². The van der Waals surface area contributed by atoms with Gasteiger partial charge in [0.15, 0.2) is 0 Å². The van der Waals surface area contributed by atoms with E-state index in [-0.39, 0.29) is 17.7 Å². The molecule has 1 saturated heterocycles. The number of likely N-dealkylation sites (tertiary alicyclic amines) is 1. The number of piperidine rings is 1. The van der Waals surface area contributed by atoms with Gasteiger partial charge in [-0.2, -0.15) is 0 Å². The summed E-state index contributed by atoms with van der Waals surface area (Å²) in [4.78, 5) is 26.9. The van der Waals surface area contributed by atoms with Crippen LogP contribution in [0.25, 0.3) is 0 Å². The number of carbonyl (C=O) groups is 2. The third-order valence-electron chi connectivity index (χ3n) is 5.74. The van der Waals surface area contributed by atoms with Gasteiger partial charge in [0.1, 0.15) is 0 Å². The fourth-order valence-electron chi connectivity index (χ4n) is 3.65. The first-order valence-corrected chi connectivity index (χ1v) is 10.5. The van der Waals surface area contributed by atoms with Crippen molar-refractivity contribution in [2.75, 3.05) is 30.3 Å². The Hall–Kier alpha value is -2.66. The summed E-state index contributed by atoms with van der Waals surface area (Å²) in [5, 5.41) is 5.96. The molecule has 1 aliphatic rings. The number of anilines is 2. The molecule has 5 heteroatoms. The van der Waals surface area contributed by atoms with Crippen LogP contribution in [0, 0.1) is 5.92 Å². The third-order valence-corrected chi connectivity index (χ3v) is 5.74. The highest BCUT2D eigenvalue weighted by molar-refractivity contribution is 5.93. The Bertz CT molecular complexity index is 797. The molecule has 2 aromatic rings. The highest BCUT2D eigenvalue weighted by Gasteiger charge is 2.26. The first-order chi connectivity index (χ1) is 14.0. The van der Waals surface area contributed by atoms with Crippen LogP contribution in [0.4, 0.5) is 11.4 Å². The molecular formula is C24H31N3O2. The van der Waals surface area contributed by atoms with E-state index in [9.17, 15) is 9.59 Å². The zero-order chi connectivity index (χ0) is 20.6. The summed E-state index contributed by atoms with van der Waals surface area (Å²) in [6, 6.07) is 17.7. The van der Waals surface area contributed by atoms with Crippen molar-refractivity contribution in [2.24, 2.45) is 5.92 Å². The number of hydrogen-bond acceptors (Lipinski definition) is 3. The maximum Gasteiger partial charge on any atom is 0.238 e. The van der Waals surface area contributed by atoms with E-state index < -0.39 is 0 Å². The highest BCUT2D eigenvalue weighted by atomic mass is 16.2. The van der Waals surface area contributed by atoms with Crippen molar-refractivity contribution in [3.63, 3.8) is 0 Å². The number of para-hydroxylation sites is 1. The van der Waals surface area contributed by atoms with E-state index in [2.05, 4.69) is 41.5 Å². The van der Waals surface area contributed by atoms with Crippen LogP contribution in [-0.4, -0.2) is 36.3 Å². The number of amides is 2. The Balaban J connectivity index is 1.42. The highest BCUT2D eigenvalue weighted by Crippen LogP contribution is 2.21. The molecule has 0 unspecified atom stereocenters. The quantitative estimate of drug-likeness (QED) is 0.729. The fraction of sp³-hybridized carbons (Fsp3) is 0.417. The van der Waals surface area contributed by atoms with Crippen LogP contribution in [0.2, 0.25) is 0 Å². The molecule has 0 saturated carbocycles. The SMILES string of the molecule is CC[C@H](C)c1ccc(NC(=O)CN2CCC(C(=O)Nc3ccccc3)CC2)cc1. The van der Waals surface area contributed by atoms with Crippen molar-refractivity contribution in [1.29, 1.82) is 0 Å². The number of carbonyl (C=O) groups excluding carboxylic acids is 2. The van der Waals surface area contributed by atoms with E-state index in [0.29, 0.717) is 12.5 Å². The second kappa shape index (κ2) is 10.2. The summed E-state index contributed by atoms with van der Waals surface area (Å²) >= 11 is 0. The van der Waals surface area contributed by atoms with Gasteiger partial charge in [0.05, 0.1) is 6.54 Å². The minimum atomic E-state index is -0.00604. The second-order valence-corrected chi connectivity index (χ2v) is 7.89. The lowest BCUT2D eigenvalue weighted by molar-refractivity contribution is -0.121. The summed E-state index contributed by atoms with van der Waals surface area (Å²) in [5.41, 5.74) is 2.96. The Labute approximate surface area is 173 Å². The summed E-state index contributed by atoms with van der Waals surface area (Å²) in [5.74, 6) is 0.595. The lowest BCUT2D eigenvalue weighted by Gasteiger charge is -2.30. The van der Waals surface area contributed by atoms with E-state index in [1.807, 2.05) is 42.5 Å². The Morgan fingerprint density at radius 1 is 0.966 bits per heavy atom. The number of benzene rings is 2. The van der Waals surface area contributed by atoms with Crippen molar-refractivity contribution >= 4 is 23.2 Å². The Morgan fingerprint density at radius 2 is 1.59 bits per heavy atom. The lowest BCUT2D eigenvalue weighted by Crippen LogP contribution is -2.41. The van der Waals surface area contributed by atoms with E-state index in [1.165, 1.54) is 5.56 Å². The van der Waals surface area contributed by atoms with Crippen LogP contribution in [-0.2, 0) is 9.59 Å². The van der Waals surface area contributed by atoms with Gasteiger partial charge in [-0.3, -0.25) is 14.5 Å². The molecule has 2 N–H and O–H groups in total. The van der Waals surface area contributed by atoms with Gasteiger partial charge in [0, 0.05) is 17.3 Å². The van der Waals surface area contributed by atoms with Crippen molar-refractivity contribution in [2.45, 2.75) is 39.0 Å². The molecule has 1 fully saturated rings. The monoisotopic (exact) mass is 393 g/mol. The summed E-state index contributed by atoms with van der Waals surface area (Å²) in [6.07, 6.45) is 2.65. The molecule has 0 radical (unpaired) electrons. The average Bonchev–Trinajstić information content (AvgIpc) is 2.75. The number of nitrogens with one attached hydrogen (secondary N) is 2. The van der Waals surface area contributed by atoms with Gasteiger partial charge in [-0.05, 0) is 68.1 Å². The molecule has 0 aliphatic carbocycles. The van der Waals surface area contributed by atoms with E-state index in [4.69, 9.17) is 0 Å². The normalized spacial score (nSPS) is 16.2. The zero-order valence-corrected chi connectivity index (χ0v) is 17.4. The third kappa shape index (κ3) is 6.16. The van der Waals surface area contributed by atoms with Crippen LogP contribution in [0.15, 0.2) is 54.6 Å². The van der Waals surface area contributed by atoms with Crippen LogP contribution in [0.1, 0.15) is 44.6 Å². The molecule has 0 aromatic heterocycles. The number of hydrogen-bond donors (Lipinski definition) is 2. The lowest BCUT2D eigenvalue weighted by atomic mass is 9.95. The molecule has 1 atom stereocenters. The predicted molar refractivity (Wildman–Crippen MR) is 118 cm³/mol. The molecule has 154 valence electrons. The van der Waals surface area contributed by atoms with Gasteiger partial charge >= 0.3 is 0 Å². The molecule has 1 heterocycles. The standard InChI is InChI=1S/C24H31N3O2/c1-3-18(2)19-9-11-22(12-10-19)25-23(28)17-27-15-13-20(14-16-27)24(29)26-21-7-5-4-6-8-21/h4-12,18,20H,3,13-17H2,1-2H3,(H,25,28)(H,26,29)/t18-/m0/s1. The van der Waals surface area contributed by atoms with E-state index in [1.54, 1.807) is 0 Å². The Morgan fingerprint density at radius 3 is 2.21 bits per heavy atom. The number of rotatable bonds is 7. The summed E-state index contributed by atoms with van der Waals surface area (Å²) in [7, 11) is 0. The van der Waals surface area contributed by atoms with Crippen LogP contribution in [0.5, 0.6) is 0 Å². The summed E-state index contributed by atoms with van der Waals surface area (Å²) < 4.78 is 0. The van der Waals surface area contributed by atoms with Gasteiger partial charge in [0.2, 0.25) is 11.8 Å². The zero-order valence-electron chi connectivity index (χ0n) is 17.4. The molecule has 29 heavy (non-hydrogen) atoms. The van der Waals surface area contributed by atoms with Gasteiger partial charge < -0.3 is 10.6 Å². The Kier molecular flexibility index (Phi) is 7.42. The van der Waals surface area contributed by atoms with Crippen molar-refractivity contribution < 1.29 is 9.59 Å². The van der Waals surface area contributed by atoms with Gasteiger partial charge in [-0.1, -0.05) is 44.2 Å². The van der Waals surface area contributed by atoms with E-state index >= 15 is 0 Å². The second-order valence-electron chi connectivity index (χ2n) is 7.89. The van der Waals surface area contributed by atoms with Gasteiger partial charge in [-0.25, -0.2) is 0 Å². The largest absolute Gasteiger partial charge is 0.326 e. The molecule has 3 rings (SSSR count). The van der Waals surface area contributed by atoms with Crippen molar-refractivity contribution in [3.05, 3.63) is 60.2 Å². The molecule has 2 aromatic carbocycles. The van der Waals surface area contributed by atoms with Gasteiger partial charge in [-0.15, -0.1) is 0 Å².